The second-order valence-electron chi connectivity index (χ2n) is 3.75. The van der Waals surface area contributed by atoms with Gasteiger partial charge in [0.15, 0.2) is 0 Å². The van der Waals surface area contributed by atoms with Gasteiger partial charge in [-0.3, -0.25) is 4.68 Å². The van der Waals surface area contributed by atoms with Crippen molar-refractivity contribution in [3.63, 3.8) is 0 Å². The Balaban J connectivity index is 1.82. The van der Waals surface area contributed by atoms with Gasteiger partial charge < -0.3 is 5.32 Å². The van der Waals surface area contributed by atoms with Crippen LogP contribution in [-0.4, -0.2) is 9.78 Å². The summed E-state index contributed by atoms with van der Waals surface area (Å²) in [5.41, 5.74) is 2.22. The number of hydrogen-bond donors (Lipinski definition) is 1. The number of nitrogens with zero attached hydrogens (tertiary/aromatic N) is 2. The molecule has 0 amide bonds. The van der Waals surface area contributed by atoms with Gasteiger partial charge in [-0.1, -0.05) is 12.1 Å². The summed E-state index contributed by atoms with van der Waals surface area (Å²) >= 11 is 0. The maximum atomic E-state index is 12.6. The lowest BCUT2D eigenvalue weighted by molar-refractivity contribution is 0.625. The summed E-state index contributed by atoms with van der Waals surface area (Å²) in [6.45, 7) is 1.50. The van der Waals surface area contributed by atoms with Gasteiger partial charge in [-0.2, -0.15) is 5.10 Å². The minimum atomic E-state index is -0.198. The molecule has 3 nitrogen and oxygen atoms in total. The molecule has 0 radical (unpaired) electrons. The summed E-state index contributed by atoms with van der Waals surface area (Å²) in [7, 11) is 1.89. The van der Waals surface area contributed by atoms with E-state index in [1.165, 1.54) is 12.1 Å². The van der Waals surface area contributed by atoms with E-state index in [9.17, 15) is 4.39 Å². The Morgan fingerprint density at radius 2 is 1.88 bits per heavy atom. The van der Waals surface area contributed by atoms with E-state index in [0.29, 0.717) is 0 Å². The Hall–Kier alpha value is -1.68. The van der Waals surface area contributed by atoms with E-state index < -0.39 is 0 Å². The highest BCUT2D eigenvalue weighted by Gasteiger charge is 1.96. The molecule has 1 aromatic heterocycles. The third-order valence-electron chi connectivity index (χ3n) is 2.33. The molecular weight excluding hydrogens is 205 g/mol. The fraction of sp³-hybridized carbons (Fsp3) is 0.250. The van der Waals surface area contributed by atoms with Gasteiger partial charge in [-0.25, -0.2) is 4.39 Å². The van der Waals surface area contributed by atoms with Crippen LogP contribution < -0.4 is 5.32 Å². The normalized spacial score (nSPS) is 10.6. The van der Waals surface area contributed by atoms with Crippen molar-refractivity contribution in [2.75, 3.05) is 0 Å². The Bertz CT molecular complexity index is 448. The second kappa shape index (κ2) is 4.90. The van der Waals surface area contributed by atoms with Crippen LogP contribution >= 0.6 is 0 Å². The van der Waals surface area contributed by atoms with Gasteiger partial charge in [0.05, 0.1) is 6.20 Å². The van der Waals surface area contributed by atoms with Crippen LogP contribution in [0.1, 0.15) is 11.1 Å². The van der Waals surface area contributed by atoms with Crippen LogP contribution in [0.15, 0.2) is 36.7 Å². The molecule has 1 heterocycles. The zero-order chi connectivity index (χ0) is 11.4. The lowest BCUT2D eigenvalue weighted by atomic mass is 10.2. The maximum Gasteiger partial charge on any atom is 0.123 e. The molecule has 0 aliphatic rings. The van der Waals surface area contributed by atoms with E-state index in [0.717, 1.165) is 24.2 Å². The highest BCUT2D eigenvalue weighted by atomic mass is 19.1. The molecule has 2 aromatic rings. The standard InChI is InChI=1S/C12H14FN3/c1-16-9-11(8-15-16)7-14-6-10-2-4-12(13)5-3-10/h2-5,8-9,14H,6-7H2,1H3. The van der Waals surface area contributed by atoms with Crippen molar-refractivity contribution in [1.29, 1.82) is 0 Å². The Labute approximate surface area is 93.9 Å². The van der Waals surface area contributed by atoms with E-state index >= 15 is 0 Å². The number of rotatable bonds is 4. The number of halogens is 1. The zero-order valence-corrected chi connectivity index (χ0v) is 9.15. The van der Waals surface area contributed by atoms with E-state index in [2.05, 4.69) is 10.4 Å². The zero-order valence-electron chi connectivity index (χ0n) is 9.15. The molecule has 16 heavy (non-hydrogen) atoms. The molecule has 0 aliphatic carbocycles. The summed E-state index contributed by atoms with van der Waals surface area (Å²) in [6, 6.07) is 6.51. The summed E-state index contributed by atoms with van der Waals surface area (Å²) < 4.78 is 14.4. The molecule has 1 N–H and O–H groups in total. The molecule has 0 spiro atoms. The first kappa shape index (κ1) is 10.8. The van der Waals surface area contributed by atoms with Gasteiger partial charge in [-0.15, -0.1) is 0 Å². The lowest BCUT2D eigenvalue weighted by Crippen LogP contribution is -2.12. The highest BCUT2D eigenvalue weighted by Crippen LogP contribution is 2.03. The van der Waals surface area contributed by atoms with Crippen molar-refractivity contribution >= 4 is 0 Å². The van der Waals surface area contributed by atoms with Crippen LogP contribution in [0.5, 0.6) is 0 Å². The predicted molar refractivity (Wildman–Crippen MR) is 60.2 cm³/mol. The SMILES string of the molecule is Cn1cc(CNCc2ccc(F)cc2)cn1. The van der Waals surface area contributed by atoms with Crippen LogP contribution in [0.25, 0.3) is 0 Å². The van der Waals surface area contributed by atoms with Crippen molar-refractivity contribution in [2.45, 2.75) is 13.1 Å². The molecule has 0 bridgehead atoms. The fourth-order valence-electron chi connectivity index (χ4n) is 1.52. The second-order valence-corrected chi connectivity index (χ2v) is 3.75. The Morgan fingerprint density at radius 1 is 1.19 bits per heavy atom. The topological polar surface area (TPSA) is 29.9 Å². The first-order valence-electron chi connectivity index (χ1n) is 5.17. The average molecular weight is 219 g/mol. The average Bonchev–Trinajstić information content (AvgIpc) is 2.67. The summed E-state index contributed by atoms with van der Waals surface area (Å²) in [4.78, 5) is 0. The molecule has 0 aliphatic heterocycles. The minimum Gasteiger partial charge on any atom is -0.309 e. The van der Waals surface area contributed by atoms with Gasteiger partial charge in [0.1, 0.15) is 5.82 Å². The molecule has 4 heteroatoms. The van der Waals surface area contributed by atoms with Crippen molar-refractivity contribution in [1.82, 2.24) is 15.1 Å². The van der Waals surface area contributed by atoms with E-state index in [1.54, 1.807) is 16.8 Å². The third-order valence-corrected chi connectivity index (χ3v) is 2.33. The first-order valence-corrected chi connectivity index (χ1v) is 5.17. The van der Waals surface area contributed by atoms with Crippen LogP contribution in [0.4, 0.5) is 4.39 Å². The molecule has 1 aromatic carbocycles. The smallest absolute Gasteiger partial charge is 0.123 e. The van der Waals surface area contributed by atoms with Gasteiger partial charge in [-0.05, 0) is 17.7 Å². The fourth-order valence-corrected chi connectivity index (χ4v) is 1.52. The van der Waals surface area contributed by atoms with Crippen molar-refractivity contribution in [3.05, 3.63) is 53.6 Å². The molecular formula is C12H14FN3. The largest absolute Gasteiger partial charge is 0.309 e. The first-order chi connectivity index (χ1) is 7.74. The van der Waals surface area contributed by atoms with Crippen LogP contribution in [0, 0.1) is 5.82 Å². The summed E-state index contributed by atoms with van der Waals surface area (Å²) in [5, 5.41) is 7.36. The minimum absolute atomic E-state index is 0.198. The van der Waals surface area contributed by atoms with Crippen LogP contribution in [-0.2, 0) is 20.1 Å². The monoisotopic (exact) mass is 219 g/mol. The van der Waals surface area contributed by atoms with Gasteiger partial charge >= 0.3 is 0 Å². The Kier molecular flexibility index (Phi) is 3.31. The number of aromatic nitrogens is 2. The molecule has 84 valence electrons. The molecule has 0 saturated carbocycles. The maximum absolute atomic E-state index is 12.6. The molecule has 0 unspecified atom stereocenters. The molecule has 0 atom stereocenters. The van der Waals surface area contributed by atoms with Crippen molar-refractivity contribution in [3.8, 4) is 0 Å². The summed E-state index contributed by atoms with van der Waals surface area (Å²) in [6.07, 6.45) is 3.80. The summed E-state index contributed by atoms with van der Waals surface area (Å²) in [5.74, 6) is -0.198. The third kappa shape index (κ3) is 2.90. The molecule has 0 saturated heterocycles. The quantitative estimate of drug-likeness (QED) is 0.850. The lowest BCUT2D eigenvalue weighted by Gasteiger charge is -2.02. The number of benzene rings is 1. The van der Waals surface area contributed by atoms with E-state index in [4.69, 9.17) is 0 Å². The van der Waals surface area contributed by atoms with Crippen LogP contribution in [0.2, 0.25) is 0 Å². The van der Waals surface area contributed by atoms with E-state index in [-0.39, 0.29) is 5.82 Å². The number of aryl methyl sites for hydroxylation is 1. The van der Waals surface area contributed by atoms with Crippen molar-refractivity contribution in [2.24, 2.45) is 7.05 Å². The molecule has 2 rings (SSSR count). The highest BCUT2D eigenvalue weighted by molar-refractivity contribution is 5.16. The van der Waals surface area contributed by atoms with E-state index in [1.807, 2.05) is 19.4 Å². The predicted octanol–water partition coefficient (Wildman–Crippen LogP) is 1.85. The Morgan fingerprint density at radius 3 is 2.50 bits per heavy atom. The van der Waals surface area contributed by atoms with Gasteiger partial charge in [0.25, 0.3) is 0 Å². The number of nitrogens with one attached hydrogen (secondary N) is 1. The van der Waals surface area contributed by atoms with Crippen LogP contribution in [0.3, 0.4) is 0 Å². The van der Waals surface area contributed by atoms with Gasteiger partial charge in [0.2, 0.25) is 0 Å². The molecule has 0 fully saturated rings. The van der Waals surface area contributed by atoms with Crippen molar-refractivity contribution < 1.29 is 4.39 Å². The van der Waals surface area contributed by atoms with Gasteiger partial charge in [0, 0.05) is 31.9 Å². The number of hydrogen-bond acceptors (Lipinski definition) is 2.